The summed E-state index contributed by atoms with van der Waals surface area (Å²) < 4.78 is 9.49. The van der Waals surface area contributed by atoms with Gasteiger partial charge in [0.15, 0.2) is 4.88 Å². The summed E-state index contributed by atoms with van der Waals surface area (Å²) in [7, 11) is 0. The second-order valence-electron chi connectivity index (χ2n) is 4.98. The Kier molecular flexibility index (Phi) is 4.06. The highest BCUT2D eigenvalue weighted by molar-refractivity contribution is 7.08. The number of carbonyl (C=O) groups is 1. The Hall–Kier alpha value is -1.75. The summed E-state index contributed by atoms with van der Waals surface area (Å²) in [5.41, 5.74) is 1.52. The lowest BCUT2D eigenvalue weighted by Crippen LogP contribution is -2.20. The average molecular weight is 288 g/mol. The fourth-order valence-corrected chi connectivity index (χ4v) is 3.07. The molecule has 104 valence electrons. The molecule has 20 heavy (non-hydrogen) atoms. The first kappa shape index (κ1) is 13.2. The van der Waals surface area contributed by atoms with E-state index in [0.29, 0.717) is 10.6 Å². The number of hydrogen-bond acceptors (Lipinski definition) is 5. The zero-order valence-electron chi connectivity index (χ0n) is 11.1. The Morgan fingerprint density at radius 2 is 1.90 bits per heavy atom. The van der Waals surface area contributed by atoms with E-state index >= 15 is 0 Å². The van der Waals surface area contributed by atoms with Crippen LogP contribution in [0.3, 0.4) is 0 Å². The summed E-state index contributed by atoms with van der Waals surface area (Å²) in [5, 5.41) is 4.07. The minimum atomic E-state index is -0.286. The highest BCUT2D eigenvalue weighted by Crippen LogP contribution is 2.27. The first-order chi connectivity index (χ1) is 9.84. The van der Waals surface area contributed by atoms with Gasteiger partial charge < -0.3 is 4.74 Å². The number of esters is 1. The second kappa shape index (κ2) is 6.13. The van der Waals surface area contributed by atoms with E-state index in [-0.39, 0.29) is 12.1 Å². The average Bonchev–Trinajstić information content (AvgIpc) is 2.99. The van der Waals surface area contributed by atoms with E-state index in [1.807, 2.05) is 30.3 Å². The summed E-state index contributed by atoms with van der Waals surface area (Å²) in [6.45, 7) is 0. The lowest BCUT2D eigenvalue weighted by molar-refractivity contribution is 0.0217. The largest absolute Gasteiger partial charge is 0.458 e. The second-order valence-corrected chi connectivity index (χ2v) is 5.74. The molecule has 4 nitrogen and oxygen atoms in total. The van der Waals surface area contributed by atoms with Crippen LogP contribution in [0.4, 0.5) is 0 Å². The van der Waals surface area contributed by atoms with Crippen molar-refractivity contribution in [2.75, 3.05) is 0 Å². The quantitative estimate of drug-likeness (QED) is 0.808. The van der Waals surface area contributed by atoms with Crippen molar-refractivity contribution in [2.24, 2.45) is 0 Å². The molecule has 0 radical (unpaired) electrons. The summed E-state index contributed by atoms with van der Waals surface area (Å²) in [4.78, 5) is 12.8. The Bertz CT molecular complexity index is 577. The number of hydrogen-bond donors (Lipinski definition) is 0. The van der Waals surface area contributed by atoms with Crippen LogP contribution in [0.5, 0.6) is 0 Å². The Balaban J connectivity index is 1.77. The molecule has 2 aromatic rings. The molecule has 1 aromatic carbocycles. The molecule has 1 aliphatic rings. The molecule has 0 atom stereocenters. The number of ether oxygens (including phenoxy) is 1. The molecule has 0 N–H and O–H groups in total. The molecule has 1 fully saturated rings. The predicted octanol–water partition coefficient (Wildman–Crippen LogP) is 3.69. The predicted molar refractivity (Wildman–Crippen MR) is 77.6 cm³/mol. The molecule has 0 aliphatic heterocycles. The molecule has 1 saturated carbocycles. The normalized spacial score (nSPS) is 16.0. The van der Waals surface area contributed by atoms with Crippen LogP contribution in [-0.4, -0.2) is 21.7 Å². The zero-order chi connectivity index (χ0) is 13.8. The molecule has 0 amide bonds. The maximum atomic E-state index is 12.3. The summed E-state index contributed by atoms with van der Waals surface area (Å²) in [6, 6.07) is 9.63. The number of aromatic nitrogens is 2. The summed E-state index contributed by atoms with van der Waals surface area (Å²) in [5.74, 6) is -0.286. The third-order valence-corrected chi connectivity index (χ3v) is 4.25. The smallest absolute Gasteiger partial charge is 0.352 e. The van der Waals surface area contributed by atoms with Gasteiger partial charge in [-0.05, 0) is 37.2 Å². The summed E-state index contributed by atoms with van der Waals surface area (Å²) in [6.07, 6.45) is 5.53. The van der Waals surface area contributed by atoms with Gasteiger partial charge in [-0.2, -0.15) is 0 Å². The zero-order valence-corrected chi connectivity index (χ0v) is 11.9. The topological polar surface area (TPSA) is 52.1 Å². The first-order valence-corrected chi connectivity index (χ1v) is 7.70. The van der Waals surface area contributed by atoms with E-state index in [4.69, 9.17) is 4.74 Å². The monoisotopic (exact) mass is 288 g/mol. The molecule has 0 unspecified atom stereocenters. The molecule has 0 spiro atoms. The van der Waals surface area contributed by atoms with Crippen LogP contribution < -0.4 is 0 Å². The van der Waals surface area contributed by atoms with Crippen molar-refractivity contribution in [1.82, 2.24) is 9.59 Å². The van der Waals surface area contributed by atoms with Gasteiger partial charge in [-0.25, -0.2) is 4.79 Å². The van der Waals surface area contributed by atoms with E-state index < -0.39 is 0 Å². The summed E-state index contributed by atoms with van der Waals surface area (Å²) >= 11 is 1.11. The van der Waals surface area contributed by atoms with Gasteiger partial charge in [0.1, 0.15) is 11.8 Å². The van der Waals surface area contributed by atoms with Gasteiger partial charge >= 0.3 is 5.97 Å². The van der Waals surface area contributed by atoms with Crippen molar-refractivity contribution in [1.29, 1.82) is 0 Å². The maximum Gasteiger partial charge on any atom is 0.352 e. The van der Waals surface area contributed by atoms with Crippen molar-refractivity contribution < 1.29 is 9.53 Å². The standard InChI is InChI=1S/C15H16N2O2S/c18-15(19-12-9-5-2-6-10-12)14-13(16-17-20-14)11-7-3-1-4-8-11/h1,3-4,7-8,12H,2,5-6,9-10H2. The molecule has 0 bridgehead atoms. The molecule has 3 rings (SSSR count). The van der Waals surface area contributed by atoms with E-state index in [0.717, 1.165) is 42.8 Å². The molecule has 0 saturated heterocycles. The van der Waals surface area contributed by atoms with Gasteiger partial charge in [-0.1, -0.05) is 41.2 Å². The van der Waals surface area contributed by atoms with Crippen LogP contribution in [-0.2, 0) is 4.74 Å². The van der Waals surface area contributed by atoms with E-state index in [1.54, 1.807) is 0 Å². The minimum absolute atomic E-state index is 0.0574. The maximum absolute atomic E-state index is 12.3. The van der Waals surface area contributed by atoms with E-state index in [9.17, 15) is 4.79 Å². The van der Waals surface area contributed by atoms with Gasteiger partial charge in [0.05, 0.1) is 0 Å². The van der Waals surface area contributed by atoms with Crippen molar-refractivity contribution >= 4 is 17.5 Å². The van der Waals surface area contributed by atoms with Gasteiger partial charge in [-0.3, -0.25) is 0 Å². The van der Waals surface area contributed by atoms with Crippen LogP contribution in [0.1, 0.15) is 41.8 Å². The Morgan fingerprint density at radius 3 is 2.65 bits per heavy atom. The van der Waals surface area contributed by atoms with Crippen molar-refractivity contribution in [3.8, 4) is 11.3 Å². The Labute approximate surface area is 122 Å². The lowest BCUT2D eigenvalue weighted by atomic mass is 9.98. The third kappa shape index (κ3) is 2.88. The first-order valence-electron chi connectivity index (χ1n) is 6.93. The van der Waals surface area contributed by atoms with E-state index in [1.165, 1.54) is 6.42 Å². The number of benzene rings is 1. The third-order valence-electron chi connectivity index (χ3n) is 3.55. The van der Waals surface area contributed by atoms with Gasteiger partial charge in [0.25, 0.3) is 0 Å². The lowest BCUT2D eigenvalue weighted by Gasteiger charge is -2.21. The SMILES string of the molecule is O=C(OC1CCCCC1)c1snnc1-c1ccccc1. The van der Waals surface area contributed by atoms with Crippen molar-refractivity contribution in [3.63, 3.8) is 0 Å². The molecule has 5 heteroatoms. The van der Waals surface area contributed by atoms with Gasteiger partial charge in [0, 0.05) is 5.56 Å². The molecular formula is C15H16N2O2S. The molecule has 1 heterocycles. The van der Waals surface area contributed by atoms with Crippen LogP contribution in [0, 0.1) is 0 Å². The molecule has 1 aromatic heterocycles. The fourth-order valence-electron chi connectivity index (χ4n) is 2.50. The van der Waals surface area contributed by atoms with Crippen LogP contribution in [0.2, 0.25) is 0 Å². The van der Waals surface area contributed by atoms with Gasteiger partial charge in [-0.15, -0.1) is 5.10 Å². The minimum Gasteiger partial charge on any atom is -0.458 e. The number of nitrogens with zero attached hydrogens (tertiary/aromatic N) is 2. The van der Waals surface area contributed by atoms with Crippen LogP contribution >= 0.6 is 11.5 Å². The number of carbonyl (C=O) groups excluding carboxylic acids is 1. The van der Waals surface area contributed by atoms with Crippen molar-refractivity contribution in [2.45, 2.75) is 38.2 Å². The molecule has 1 aliphatic carbocycles. The van der Waals surface area contributed by atoms with Crippen LogP contribution in [0.15, 0.2) is 30.3 Å². The Morgan fingerprint density at radius 1 is 1.15 bits per heavy atom. The van der Waals surface area contributed by atoms with Crippen molar-refractivity contribution in [3.05, 3.63) is 35.2 Å². The van der Waals surface area contributed by atoms with E-state index in [2.05, 4.69) is 9.59 Å². The highest BCUT2D eigenvalue weighted by Gasteiger charge is 2.23. The fraction of sp³-hybridized carbons (Fsp3) is 0.400. The van der Waals surface area contributed by atoms with Crippen LogP contribution in [0.25, 0.3) is 11.3 Å². The van der Waals surface area contributed by atoms with Gasteiger partial charge in [0.2, 0.25) is 0 Å². The molecular weight excluding hydrogens is 272 g/mol. The highest BCUT2D eigenvalue weighted by atomic mass is 32.1. The number of rotatable bonds is 3.